The van der Waals surface area contributed by atoms with E-state index < -0.39 is 12.0 Å². The Labute approximate surface area is 117 Å². The molecule has 4 nitrogen and oxygen atoms in total. The van der Waals surface area contributed by atoms with Crippen LogP contribution in [-0.4, -0.2) is 22.2 Å². The number of benzene rings is 2. The van der Waals surface area contributed by atoms with Crippen LogP contribution >= 0.6 is 0 Å². The van der Waals surface area contributed by atoms with Gasteiger partial charge in [-0.1, -0.05) is 42.5 Å². The number of carboxylic acids is 1. The van der Waals surface area contributed by atoms with Gasteiger partial charge in [-0.25, -0.2) is 0 Å². The molecule has 0 unspecified atom stereocenters. The van der Waals surface area contributed by atoms with Gasteiger partial charge in [-0.05, 0) is 29.2 Å². The normalized spacial score (nSPS) is 12.1. The Morgan fingerprint density at radius 2 is 1.80 bits per heavy atom. The second kappa shape index (κ2) is 6.21. The largest absolute Gasteiger partial charge is 0.508 e. The summed E-state index contributed by atoms with van der Waals surface area (Å²) >= 11 is 0. The predicted molar refractivity (Wildman–Crippen MR) is 76.7 cm³/mol. The van der Waals surface area contributed by atoms with Crippen molar-refractivity contribution < 1.29 is 15.0 Å². The first-order valence-electron chi connectivity index (χ1n) is 6.39. The van der Waals surface area contributed by atoms with Gasteiger partial charge < -0.3 is 15.9 Å². The Morgan fingerprint density at radius 1 is 1.10 bits per heavy atom. The van der Waals surface area contributed by atoms with Crippen LogP contribution in [0.15, 0.2) is 48.5 Å². The van der Waals surface area contributed by atoms with Crippen molar-refractivity contribution in [1.29, 1.82) is 0 Å². The molecule has 0 aromatic heterocycles. The Kier molecular flexibility index (Phi) is 4.38. The van der Waals surface area contributed by atoms with E-state index >= 15 is 0 Å². The highest BCUT2D eigenvalue weighted by molar-refractivity contribution is 5.73. The molecule has 20 heavy (non-hydrogen) atoms. The van der Waals surface area contributed by atoms with Crippen molar-refractivity contribution in [2.75, 3.05) is 0 Å². The van der Waals surface area contributed by atoms with Gasteiger partial charge in [-0.3, -0.25) is 4.79 Å². The summed E-state index contributed by atoms with van der Waals surface area (Å²) in [7, 11) is 0. The summed E-state index contributed by atoms with van der Waals surface area (Å²) in [6.07, 6.45) is 0.847. The summed E-state index contributed by atoms with van der Waals surface area (Å²) < 4.78 is 0. The Hall–Kier alpha value is -2.33. The van der Waals surface area contributed by atoms with Crippen LogP contribution in [0.4, 0.5) is 0 Å². The lowest BCUT2D eigenvalue weighted by Crippen LogP contribution is -2.32. The molecule has 4 N–H and O–H groups in total. The number of phenolic OH excluding ortho intramolecular Hbond substituents is 1. The quantitative estimate of drug-likeness (QED) is 0.776. The van der Waals surface area contributed by atoms with Crippen molar-refractivity contribution in [1.82, 2.24) is 0 Å². The molecule has 0 aliphatic heterocycles. The van der Waals surface area contributed by atoms with Crippen LogP contribution in [0.25, 0.3) is 0 Å². The van der Waals surface area contributed by atoms with Gasteiger partial charge in [0.05, 0.1) is 0 Å². The second-order valence-electron chi connectivity index (χ2n) is 4.77. The fourth-order valence-electron chi connectivity index (χ4n) is 2.06. The lowest BCUT2D eigenvalue weighted by atomic mass is 9.99. The van der Waals surface area contributed by atoms with Crippen molar-refractivity contribution in [3.05, 3.63) is 65.2 Å². The zero-order chi connectivity index (χ0) is 14.5. The third-order valence-corrected chi connectivity index (χ3v) is 3.15. The van der Waals surface area contributed by atoms with Gasteiger partial charge in [0.15, 0.2) is 0 Å². The first-order chi connectivity index (χ1) is 9.56. The van der Waals surface area contributed by atoms with Gasteiger partial charge in [0, 0.05) is 6.42 Å². The second-order valence-corrected chi connectivity index (χ2v) is 4.77. The smallest absolute Gasteiger partial charge is 0.320 e. The lowest BCUT2D eigenvalue weighted by molar-refractivity contribution is -0.138. The molecule has 0 aliphatic carbocycles. The molecule has 0 radical (unpaired) electrons. The summed E-state index contributed by atoms with van der Waals surface area (Å²) in [5.74, 6) is -0.816. The standard InChI is InChI=1S/C16H17NO3/c17-14(16(19)20)10-12-6-7-15(18)13(9-12)8-11-4-2-1-3-5-11/h1-7,9,14,18H,8,10,17H2,(H,19,20)/t14-/m0/s1. The van der Waals surface area contributed by atoms with Crippen LogP contribution < -0.4 is 5.73 Å². The van der Waals surface area contributed by atoms with E-state index in [9.17, 15) is 9.90 Å². The number of carboxylic acid groups (broad SMARTS) is 1. The third-order valence-electron chi connectivity index (χ3n) is 3.15. The minimum atomic E-state index is -1.03. The van der Waals surface area contributed by atoms with Gasteiger partial charge in [-0.2, -0.15) is 0 Å². The van der Waals surface area contributed by atoms with Crippen molar-refractivity contribution in [3.63, 3.8) is 0 Å². The molecule has 0 spiro atoms. The molecule has 0 fully saturated rings. The SMILES string of the molecule is N[C@@H](Cc1ccc(O)c(Cc2ccccc2)c1)C(=O)O. The van der Waals surface area contributed by atoms with E-state index in [0.29, 0.717) is 6.42 Å². The predicted octanol–water partition coefficient (Wildman–Crippen LogP) is 1.94. The molecule has 0 aliphatic rings. The van der Waals surface area contributed by atoms with Crippen LogP contribution in [-0.2, 0) is 17.6 Å². The Morgan fingerprint density at radius 3 is 2.45 bits per heavy atom. The van der Waals surface area contributed by atoms with E-state index in [1.807, 2.05) is 36.4 Å². The summed E-state index contributed by atoms with van der Waals surface area (Å²) in [6.45, 7) is 0. The number of phenols is 1. The zero-order valence-corrected chi connectivity index (χ0v) is 11.0. The topological polar surface area (TPSA) is 83.5 Å². The fourth-order valence-corrected chi connectivity index (χ4v) is 2.06. The number of carbonyl (C=O) groups is 1. The first kappa shape index (κ1) is 14.1. The number of aromatic hydroxyl groups is 1. The molecule has 0 saturated carbocycles. The van der Waals surface area contributed by atoms with Crippen molar-refractivity contribution in [3.8, 4) is 5.75 Å². The average molecular weight is 271 g/mol. The maximum Gasteiger partial charge on any atom is 0.320 e. The molecule has 1 atom stereocenters. The highest BCUT2D eigenvalue weighted by atomic mass is 16.4. The molecule has 2 aromatic rings. The van der Waals surface area contributed by atoms with E-state index in [4.69, 9.17) is 10.8 Å². The van der Waals surface area contributed by atoms with Crippen LogP contribution in [0.3, 0.4) is 0 Å². The number of aliphatic carboxylic acids is 1. The zero-order valence-electron chi connectivity index (χ0n) is 11.0. The highest BCUT2D eigenvalue weighted by Crippen LogP contribution is 2.22. The third kappa shape index (κ3) is 3.59. The number of nitrogens with two attached hydrogens (primary N) is 1. The maximum absolute atomic E-state index is 10.8. The minimum absolute atomic E-state index is 0.210. The summed E-state index contributed by atoms with van der Waals surface area (Å²) in [6, 6.07) is 14.0. The molecular formula is C16H17NO3. The van der Waals surface area contributed by atoms with Crippen LogP contribution in [0.5, 0.6) is 5.75 Å². The minimum Gasteiger partial charge on any atom is -0.508 e. The summed E-state index contributed by atoms with van der Waals surface area (Å²) in [5, 5.41) is 18.7. The molecular weight excluding hydrogens is 254 g/mol. The summed E-state index contributed by atoms with van der Waals surface area (Å²) in [5.41, 5.74) is 8.19. The average Bonchev–Trinajstić information content (AvgIpc) is 2.43. The molecule has 0 saturated heterocycles. The van der Waals surface area contributed by atoms with E-state index in [1.165, 1.54) is 0 Å². The van der Waals surface area contributed by atoms with Gasteiger partial charge in [0.2, 0.25) is 0 Å². The van der Waals surface area contributed by atoms with Crippen LogP contribution in [0.1, 0.15) is 16.7 Å². The molecule has 0 bridgehead atoms. The first-order valence-corrected chi connectivity index (χ1v) is 6.39. The van der Waals surface area contributed by atoms with Crippen LogP contribution in [0, 0.1) is 0 Å². The van der Waals surface area contributed by atoms with E-state index in [2.05, 4.69) is 0 Å². The van der Waals surface area contributed by atoms with Crippen molar-refractivity contribution >= 4 is 5.97 Å². The molecule has 0 heterocycles. The molecule has 2 aromatic carbocycles. The molecule has 0 amide bonds. The van der Waals surface area contributed by atoms with E-state index in [0.717, 1.165) is 16.7 Å². The van der Waals surface area contributed by atoms with Crippen molar-refractivity contribution in [2.45, 2.75) is 18.9 Å². The van der Waals surface area contributed by atoms with Gasteiger partial charge in [-0.15, -0.1) is 0 Å². The van der Waals surface area contributed by atoms with E-state index in [1.54, 1.807) is 12.1 Å². The molecule has 104 valence electrons. The van der Waals surface area contributed by atoms with Gasteiger partial charge in [0.1, 0.15) is 11.8 Å². The summed E-state index contributed by atoms with van der Waals surface area (Å²) in [4.78, 5) is 10.8. The Balaban J connectivity index is 2.19. The number of hydrogen-bond donors (Lipinski definition) is 3. The molecule has 4 heteroatoms. The van der Waals surface area contributed by atoms with Gasteiger partial charge in [0.25, 0.3) is 0 Å². The lowest BCUT2D eigenvalue weighted by Gasteiger charge is -2.10. The Bertz CT molecular complexity index is 596. The molecule has 2 rings (SSSR count). The van der Waals surface area contributed by atoms with E-state index in [-0.39, 0.29) is 12.2 Å². The number of rotatable bonds is 5. The van der Waals surface area contributed by atoms with Gasteiger partial charge >= 0.3 is 5.97 Å². The van der Waals surface area contributed by atoms with Crippen LogP contribution in [0.2, 0.25) is 0 Å². The highest BCUT2D eigenvalue weighted by Gasteiger charge is 2.13. The van der Waals surface area contributed by atoms with Crippen molar-refractivity contribution in [2.24, 2.45) is 5.73 Å². The monoisotopic (exact) mass is 271 g/mol. The maximum atomic E-state index is 10.8. The fraction of sp³-hybridized carbons (Fsp3) is 0.188. The number of hydrogen-bond acceptors (Lipinski definition) is 3.